The number of anilines is 2. The number of hydrogen-bond donors (Lipinski definition) is 2. The van der Waals surface area contributed by atoms with E-state index in [0.29, 0.717) is 11.3 Å². The van der Waals surface area contributed by atoms with Crippen molar-refractivity contribution in [3.63, 3.8) is 0 Å². The Morgan fingerprint density at radius 1 is 1.13 bits per heavy atom. The highest BCUT2D eigenvalue weighted by Gasteiger charge is 2.34. The third kappa shape index (κ3) is 4.59. The predicted octanol–water partition coefficient (Wildman–Crippen LogP) is 4.32. The van der Waals surface area contributed by atoms with Gasteiger partial charge in [0.2, 0.25) is 0 Å². The molecule has 0 aromatic carbocycles. The molecule has 2 aliphatic rings. The van der Waals surface area contributed by atoms with Gasteiger partial charge in [-0.15, -0.1) is 0 Å². The molecular weight excluding hydrogens is 410 g/mol. The third-order valence-electron chi connectivity index (χ3n) is 6.72. The van der Waals surface area contributed by atoms with Crippen molar-refractivity contribution in [2.45, 2.75) is 51.5 Å². The lowest BCUT2D eigenvalue weighted by Gasteiger charge is -2.34. The lowest BCUT2D eigenvalue weighted by atomic mass is 9.91. The second kappa shape index (κ2) is 8.22. The Bertz CT molecular complexity index is 1120. The summed E-state index contributed by atoms with van der Waals surface area (Å²) in [5.41, 5.74) is 3.96. The van der Waals surface area contributed by atoms with E-state index in [9.17, 15) is 9.00 Å². The van der Waals surface area contributed by atoms with E-state index in [-0.39, 0.29) is 10.9 Å². The summed E-state index contributed by atoms with van der Waals surface area (Å²) in [5, 5.41) is 3.08. The molecule has 1 aliphatic heterocycles. The van der Waals surface area contributed by atoms with Crippen molar-refractivity contribution in [3.8, 4) is 0 Å². The van der Waals surface area contributed by atoms with E-state index < -0.39 is 9.73 Å². The Morgan fingerprint density at radius 2 is 1.77 bits per heavy atom. The topological polar surface area (TPSA) is 99.0 Å². The molecule has 2 N–H and O–H groups in total. The van der Waals surface area contributed by atoms with Gasteiger partial charge in [0.1, 0.15) is 10.8 Å². The van der Waals surface area contributed by atoms with Gasteiger partial charge in [-0.05, 0) is 81.5 Å². The van der Waals surface area contributed by atoms with Crippen LogP contribution in [0.1, 0.15) is 52.9 Å². The second-order valence-corrected chi connectivity index (χ2v) is 11.1. The van der Waals surface area contributed by atoms with Gasteiger partial charge in [0.05, 0.1) is 15.3 Å². The van der Waals surface area contributed by atoms with Crippen molar-refractivity contribution in [2.24, 2.45) is 11.8 Å². The lowest BCUT2D eigenvalue weighted by Crippen LogP contribution is -2.36. The number of aromatic nitrogens is 2. The zero-order valence-corrected chi connectivity index (χ0v) is 19.5. The number of carbonyl (C=O) groups excluding carboxylic acids is 1. The molecule has 1 amide bonds. The van der Waals surface area contributed by atoms with Crippen LogP contribution in [0.4, 0.5) is 11.5 Å². The molecule has 3 heterocycles. The Labute approximate surface area is 184 Å². The minimum absolute atomic E-state index is 0.155. The van der Waals surface area contributed by atoms with Crippen LogP contribution >= 0.6 is 0 Å². The highest BCUT2D eigenvalue weighted by molar-refractivity contribution is 7.91. The number of nitrogens with zero attached hydrogens (tertiary/aromatic N) is 3. The molecule has 2 aromatic heterocycles. The molecule has 0 spiro atoms. The van der Waals surface area contributed by atoms with E-state index in [0.717, 1.165) is 60.4 Å². The van der Waals surface area contributed by atoms with Gasteiger partial charge in [0.25, 0.3) is 5.91 Å². The first-order chi connectivity index (χ1) is 14.6. The van der Waals surface area contributed by atoms with E-state index >= 15 is 0 Å². The number of hydrogen-bond acceptors (Lipinski definition) is 6. The zero-order chi connectivity index (χ0) is 22.3. The molecule has 1 saturated carbocycles. The predicted molar refractivity (Wildman–Crippen MR) is 123 cm³/mol. The summed E-state index contributed by atoms with van der Waals surface area (Å²) in [4.78, 5) is 24.5. The number of rotatable bonds is 5. The summed E-state index contributed by atoms with van der Waals surface area (Å²) in [6.07, 6.45) is 7.84. The van der Waals surface area contributed by atoms with E-state index in [2.05, 4.69) is 15.2 Å². The molecule has 1 saturated heterocycles. The van der Waals surface area contributed by atoms with Gasteiger partial charge in [-0.25, -0.2) is 19.0 Å². The summed E-state index contributed by atoms with van der Waals surface area (Å²) in [6.45, 7) is 7.80. The summed E-state index contributed by atoms with van der Waals surface area (Å²) >= 11 is 0. The summed E-state index contributed by atoms with van der Waals surface area (Å²) in [6, 6.07) is 3.16. The Morgan fingerprint density at radius 3 is 2.39 bits per heavy atom. The standard InChI is InChI=1S/C23H31N5O2S/c1-14-15(2)21(23(29)27-19-7-10-25-20(13-19)31(4,24)30)22(26-16(14)3)28-11-8-18(9-12-28)17-5-6-17/h7,10,13,17-18,24H,5-6,8-9,11-12H2,1-4H3,(H,25,27,29). The maximum absolute atomic E-state index is 13.4. The normalized spacial score (nSPS) is 19.2. The maximum atomic E-state index is 13.4. The van der Waals surface area contributed by atoms with E-state index in [4.69, 9.17) is 9.76 Å². The molecule has 31 heavy (non-hydrogen) atoms. The van der Waals surface area contributed by atoms with Crippen molar-refractivity contribution in [1.29, 1.82) is 4.78 Å². The van der Waals surface area contributed by atoms with Crippen molar-refractivity contribution >= 4 is 27.1 Å². The minimum Gasteiger partial charge on any atom is -0.356 e. The molecule has 2 fully saturated rings. The van der Waals surface area contributed by atoms with Gasteiger partial charge in [0.15, 0.2) is 0 Å². The van der Waals surface area contributed by atoms with Gasteiger partial charge >= 0.3 is 0 Å². The Kier molecular flexibility index (Phi) is 5.77. The van der Waals surface area contributed by atoms with Crippen LogP contribution in [0.15, 0.2) is 23.4 Å². The lowest BCUT2D eigenvalue weighted by molar-refractivity contribution is 0.102. The molecular formula is C23H31N5O2S. The molecule has 1 atom stereocenters. The average molecular weight is 442 g/mol. The van der Waals surface area contributed by atoms with Gasteiger partial charge in [-0.1, -0.05) is 0 Å². The summed E-state index contributed by atoms with van der Waals surface area (Å²) < 4.78 is 19.8. The quantitative estimate of drug-likeness (QED) is 0.720. The second-order valence-electron chi connectivity index (χ2n) is 8.99. The Hall–Kier alpha value is -2.48. The third-order valence-corrected chi connectivity index (χ3v) is 7.75. The van der Waals surface area contributed by atoms with Crippen LogP contribution in [0.25, 0.3) is 0 Å². The van der Waals surface area contributed by atoms with Crippen LogP contribution in [0.5, 0.6) is 0 Å². The average Bonchev–Trinajstić information content (AvgIpc) is 3.57. The molecule has 4 rings (SSSR count). The number of aryl methyl sites for hydroxylation is 1. The van der Waals surface area contributed by atoms with Crippen LogP contribution in [-0.2, 0) is 9.73 Å². The van der Waals surface area contributed by atoms with E-state index in [1.54, 1.807) is 6.07 Å². The van der Waals surface area contributed by atoms with E-state index in [1.165, 1.54) is 31.4 Å². The smallest absolute Gasteiger partial charge is 0.259 e. The van der Waals surface area contributed by atoms with Crippen LogP contribution < -0.4 is 10.2 Å². The first kappa shape index (κ1) is 21.7. The number of amides is 1. The monoisotopic (exact) mass is 441 g/mol. The van der Waals surface area contributed by atoms with Gasteiger partial charge in [-0.2, -0.15) is 0 Å². The number of pyridine rings is 2. The van der Waals surface area contributed by atoms with Gasteiger partial charge < -0.3 is 10.2 Å². The maximum Gasteiger partial charge on any atom is 0.259 e. The van der Waals surface area contributed by atoms with Crippen molar-refractivity contribution in [3.05, 3.63) is 40.7 Å². The number of piperidine rings is 1. The van der Waals surface area contributed by atoms with Crippen LogP contribution in [0.3, 0.4) is 0 Å². The van der Waals surface area contributed by atoms with Crippen molar-refractivity contribution < 1.29 is 9.00 Å². The first-order valence-electron chi connectivity index (χ1n) is 10.9. The first-order valence-corrected chi connectivity index (χ1v) is 12.9. The van der Waals surface area contributed by atoms with Crippen LogP contribution in [0.2, 0.25) is 0 Å². The van der Waals surface area contributed by atoms with Crippen LogP contribution in [-0.4, -0.2) is 39.4 Å². The zero-order valence-electron chi connectivity index (χ0n) is 18.7. The molecule has 166 valence electrons. The molecule has 1 unspecified atom stereocenters. The Balaban J connectivity index is 1.64. The highest BCUT2D eigenvalue weighted by atomic mass is 32.2. The largest absolute Gasteiger partial charge is 0.356 e. The number of nitrogens with one attached hydrogen (secondary N) is 2. The van der Waals surface area contributed by atoms with Gasteiger partial charge in [0, 0.05) is 36.9 Å². The summed E-state index contributed by atoms with van der Waals surface area (Å²) in [7, 11) is -2.96. The molecule has 1 aliphatic carbocycles. The SMILES string of the molecule is Cc1nc(N2CCC(C3CC3)CC2)c(C(=O)Nc2ccnc(S(C)(=N)=O)c2)c(C)c1C. The van der Waals surface area contributed by atoms with Crippen molar-refractivity contribution in [1.82, 2.24) is 9.97 Å². The minimum atomic E-state index is -2.96. The fourth-order valence-electron chi connectivity index (χ4n) is 4.47. The molecule has 7 nitrogen and oxygen atoms in total. The molecule has 8 heteroatoms. The van der Waals surface area contributed by atoms with Crippen molar-refractivity contribution in [2.75, 3.05) is 29.6 Å². The molecule has 2 aromatic rings. The fraction of sp³-hybridized carbons (Fsp3) is 0.522. The molecule has 0 radical (unpaired) electrons. The summed E-state index contributed by atoms with van der Waals surface area (Å²) in [5.74, 6) is 2.23. The number of carbonyl (C=O) groups is 1. The highest BCUT2D eigenvalue weighted by Crippen LogP contribution is 2.42. The van der Waals surface area contributed by atoms with Gasteiger partial charge in [-0.3, -0.25) is 4.79 Å². The van der Waals surface area contributed by atoms with E-state index in [1.807, 2.05) is 20.8 Å². The molecule has 0 bridgehead atoms. The fourth-order valence-corrected chi connectivity index (χ4v) is 5.08. The van der Waals surface area contributed by atoms with Crippen LogP contribution in [0, 0.1) is 37.4 Å².